The Morgan fingerprint density at radius 2 is 2.17 bits per heavy atom. The highest BCUT2D eigenvalue weighted by Gasteiger charge is 2.51. The molecule has 1 saturated heterocycles. The van der Waals surface area contributed by atoms with Gasteiger partial charge in [-0.2, -0.15) is 0 Å². The summed E-state index contributed by atoms with van der Waals surface area (Å²) in [5.41, 5.74) is 4.53. The zero-order chi connectivity index (χ0) is 8.77. The van der Waals surface area contributed by atoms with E-state index >= 15 is 0 Å². The van der Waals surface area contributed by atoms with Gasteiger partial charge in [0.1, 0.15) is 0 Å². The summed E-state index contributed by atoms with van der Waals surface area (Å²) < 4.78 is 0. The van der Waals surface area contributed by atoms with E-state index in [1.54, 1.807) is 0 Å². The molecule has 1 heterocycles. The number of hydrogen-bond acceptors (Lipinski definition) is 3. The Balaban J connectivity index is 1.78. The minimum atomic E-state index is -0.491. The highest BCUT2D eigenvalue weighted by atomic mass is 16.3. The maximum Gasteiger partial charge on any atom is 0.231 e. The first-order valence-corrected chi connectivity index (χ1v) is 4.33. The SMILES string of the molecule is NC(=O)CN1CC(O)(C2CC2)C1. The minimum absolute atomic E-state index is 0.287. The van der Waals surface area contributed by atoms with Crippen molar-refractivity contribution in [1.29, 1.82) is 0 Å². The Kier molecular flexibility index (Phi) is 1.63. The predicted molar refractivity (Wildman–Crippen MR) is 43.3 cm³/mol. The van der Waals surface area contributed by atoms with Crippen LogP contribution in [0.2, 0.25) is 0 Å². The maximum absolute atomic E-state index is 10.5. The first-order valence-electron chi connectivity index (χ1n) is 4.33. The normalized spacial score (nSPS) is 28.1. The number of aliphatic hydroxyl groups is 1. The van der Waals surface area contributed by atoms with Crippen LogP contribution in [0.4, 0.5) is 0 Å². The first-order chi connectivity index (χ1) is 5.60. The Labute approximate surface area is 71.3 Å². The lowest BCUT2D eigenvalue weighted by molar-refractivity contribution is -0.134. The molecule has 0 unspecified atom stereocenters. The van der Waals surface area contributed by atoms with Crippen LogP contribution in [0.1, 0.15) is 12.8 Å². The molecule has 1 aliphatic carbocycles. The van der Waals surface area contributed by atoms with Crippen LogP contribution in [-0.2, 0) is 4.79 Å². The van der Waals surface area contributed by atoms with Crippen LogP contribution in [0.15, 0.2) is 0 Å². The van der Waals surface area contributed by atoms with Crippen LogP contribution in [0.5, 0.6) is 0 Å². The van der Waals surface area contributed by atoms with E-state index in [9.17, 15) is 9.90 Å². The van der Waals surface area contributed by atoms with Gasteiger partial charge >= 0.3 is 0 Å². The summed E-state index contributed by atoms with van der Waals surface area (Å²) in [4.78, 5) is 12.4. The molecule has 1 amide bonds. The van der Waals surface area contributed by atoms with Gasteiger partial charge < -0.3 is 10.8 Å². The molecule has 68 valence electrons. The molecular formula is C8H14N2O2. The minimum Gasteiger partial charge on any atom is -0.387 e. The van der Waals surface area contributed by atoms with E-state index in [4.69, 9.17) is 5.73 Å². The van der Waals surface area contributed by atoms with Crippen molar-refractivity contribution >= 4 is 5.91 Å². The van der Waals surface area contributed by atoms with Crippen LogP contribution >= 0.6 is 0 Å². The number of nitrogens with two attached hydrogens (primary N) is 1. The van der Waals surface area contributed by atoms with Gasteiger partial charge in [0.15, 0.2) is 0 Å². The fourth-order valence-electron chi connectivity index (χ4n) is 1.94. The Bertz CT molecular complexity index is 207. The van der Waals surface area contributed by atoms with Crippen molar-refractivity contribution < 1.29 is 9.90 Å². The molecule has 0 aromatic heterocycles. The average Bonchev–Trinajstić information content (AvgIpc) is 2.62. The van der Waals surface area contributed by atoms with Gasteiger partial charge in [-0.1, -0.05) is 0 Å². The first kappa shape index (κ1) is 8.01. The quantitative estimate of drug-likeness (QED) is 0.566. The van der Waals surface area contributed by atoms with Gasteiger partial charge in [-0.3, -0.25) is 9.69 Å². The number of nitrogens with zero attached hydrogens (tertiary/aromatic N) is 1. The van der Waals surface area contributed by atoms with E-state index in [1.807, 2.05) is 4.90 Å². The molecule has 2 fully saturated rings. The van der Waals surface area contributed by atoms with E-state index in [0.717, 1.165) is 12.8 Å². The van der Waals surface area contributed by atoms with E-state index in [0.29, 0.717) is 19.0 Å². The van der Waals surface area contributed by atoms with Crippen molar-refractivity contribution in [2.24, 2.45) is 11.7 Å². The van der Waals surface area contributed by atoms with Crippen LogP contribution in [0, 0.1) is 5.92 Å². The Morgan fingerprint density at radius 3 is 2.58 bits per heavy atom. The third kappa shape index (κ3) is 1.32. The van der Waals surface area contributed by atoms with Crippen molar-refractivity contribution in [3.63, 3.8) is 0 Å². The summed E-state index contributed by atoms with van der Waals surface area (Å²) in [6.07, 6.45) is 2.28. The summed E-state index contributed by atoms with van der Waals surface area (Å²) in [7, 11) is 0. The third-order valence-corrected chi connectivity index (χ3v) is 2.71. The zero-order valence-corrected chi connectivity index (χ0v) is 6.99. The predicted octanol–water partition coefficient (Wildman–Crippen LogP) is -1.07. The summed E-state index contributed by atoms with van der Waals surface area (Å²) in [6, 6.07) is 0. The van der Waals surface area contributed by atoms with Crippen molar-refractivity contribution in [3.8, 4) is 0 Å². The molecule has 0 spiro atoms. The average molecular weight is 170 g/mol. The van der Waals surface area contributed by atoms with E-state index in [1.165, 1.54) is 0 Å². The molecule has 0 aromatic carbocycles. The smallest absolute Gasteiger partial charge is 0.231 e. The fourth-order valence-corrected chi connectivity index (χ4v) is 1.94. The fraction of sp³-hybridized carbons (Fsp3) is 0.875. The second kappa shape index (κ2) is 2.44. The largest absolute Gasteiger partial charge is 0.387 e. The Hall–Kier alpha value is -0.610. The van der Waals surface area contributed by atoms with Crippen LogP contribution in [0.25, 0.3) is 0 Å². The monoisotopic (exact) mass is 170 g/mol. The number of carbonyl (C=O) groups is 1. The molecular weight excluding hydrogens is 156 g/mol. The Morgan fingerprint density at radius 1 is 1.58 bits per heavy atom. The zero-order valence-electron chi connectivity index (χ0n) is 6.99. The molecule has 0 atom stereocenters. The molecule has 3 N–H and O–H groups in total. The van der Waals surface area contributed by atoms with E-state index < -0.39 is 5.60 Å². The third-order valence-electron chi connectivity index (χ3n) is 2.71. The standard InChI is InChI=1S/C8H14N2O2/c9-7(11)3-10-4-8(12,5-10)6-1-2-6/h6,12H,1-5H2,(H2,9,11). The van der Waals surface area contributed by atoms with Crippen molar-refractivity contribution in [3.05, 3.63) is 0 Å². The van der Waals surface area contributed by atoms with Crippen molar-refractivity contribution in [2.75, 3.05) is 19.6 Å². The van der Waals surface area contributed by atoms with E-state index in [-0.39, 0.29) is 12.5 Å². The number of primary amides is 1. The number of amides is 1. The molecule has 0 bridgehead atoms. The van der Waals surface area contributed by atoms with Crippen LogP contribution < -0.4 is 5.73 Å². The lowest BCUT2D eigenvalue weighted by Crippen LogP contribution is -2.64. The summed E-state index contributed by atoms with van der Waals surface area (Å²) in [5, 5.41) is 9.84. The van der Waals surface area contributed by atoms with Crippen LogP contribution in [-0.4, -0.2) is 41.1 Å². The molecule has 0 aromatic rings. The van der Waals surface area contributed by atoms with Crippen molar-refractivity contribution in [1.82, 2.24) is 4.90 Å². The van der Waals surface area contributed by atoms with Gasteiger partial charge in [-0.15, -0.1) is 0 Å². The van der Waals surface area contributed by atoms with Gasteiger partial charge in [0.05, 0.1) is 12.1 Å². The summed E-state index contributed by atoms with van der Waals surface area (Å²) in [5.74, 6) is 0.175. The number of likely N-dealkylation sites (tertiary alicyclic amines) is 1. The molecule has 4 nitrogen and oxygen atoms in total. The highest BCUT2D eigenvalue weighted by molar-refractivity contribution is 5.76. The molecule has 12 heavy (non-hydrogen) atoms. The van der Waals surface area contributed by atoms with Gasteiger partial charge in [0.2, 0.25) is 5.91 Å². The van der Waals surface area contributed by atoms with Crippen molar-refractivity contribution in [2.45, 2.75) is 18.4 Å². The van der Waals surface area contributed by atoms with Gasteiger partial charge in [-0.05, 0) is 18.8 Å². The van der Waals surface area contributed by atoms with Gasteiger partial charge in [0.25, 0.3) is 0 Å². The molecule has 2 rings (SSSR count). The lowest BCUT2D eigenvalue weighted by atomic mass is 9.89. The number of carbonyl (C=O) groups excluding carboxylic acids is 1. The maximum atomic E-state index is 10.5. The van der Waals surface area contributed by atoms with E-state index in [2.05, 4.69) is 0 Å². The second-order valence-electron chi connectivity index (χ2n) is 3.99. The number of hydrogen-bond donors (Lipinski definition) is 2. The lowest BCUT2D eigenvalue weighted by Gasteiger charge is -2.46. The number of β-amino-alcohol motifs (C(OH)–C–C–N with tert-alkyl or cyclic N) is 1. The molecule has 2 aliphatic rings. The van der Waals surface area contributed by atoms with Gasteiger partial charge in [-0.25, -0.2) is 0 Å². The topological polar surface area (TPSA) is 66.6 Å². The van der Waals surface area contributed by atoms with Crippen LogP contribution in [0.3, 0.4) is 0 Å². The van der Waals surface area contributed by atoms with Gasteiger partial charge in [0, 0.05) is 13.1 Å². The molecule has 4 heteroatoms. The molecule has 1 saturated carbocycles. The molecule has 0 radical (unpaired) electrons. The summed E-state index contributed by atoms with van der Waals surface area (Å²) >= 11 is 0. The molecule has 1 aliphatic heterocycles. The second-order valence-corrected chi connectivity index (χ2v) is 3.99. The summed E-state index contributed by atoms with van der Waals surface area (Å²) in [6.45, 7) is 1.54. The number of rotatable bonds is 3. The highest BCUT2D eigenvalue weighted by Crippen LogP contribution is 2.44.